The zero-order valence-corrected chi connectivity index (χ0v) is 15.9. The average molecular weight is 402 g/mol. The normalized spacial score (nSPS) is 13.8. The first kappa shape index (κ1) is 20.3. The summed E-state index contributed by atoms with van der Waals surface area (Å²) in [5, 5.41) is 0. The average Bonchev–Trinajstić information content (AvgIpc) is 2.77. The van der Waals surface area contributed by atoms with E-state index in [1.165, 1.54) is 37.3 Å². The minimum atomic E-state index is -0.780. The summed E-state index contributed by atoms with van der Waals surface area (Å²) < 4.78 is 34.9. The highest BCUT2D eigenvalue weighted by Crippen LogP contribution is 2.35. The Bertz CT molecular complexity index is 932. The van der Waals surface area contributed by atoms with Crippen LogP contribution in [0, 0.1) is 5.82 Å². The Balaban J connectivity index is 2.02. The zero-order chi connectivity index (χ0) is 20.8. The molecule has 2 heterocycles. The van der Waals surface area contributed by atoms with Crippen LogP contribution in [0.15, 0.2) is 54.0 Å². The smallest absolute Gasteiger partial charge is 0.355 e. The lowest BCUT2D eigenvalue weighted by Gasteiger charge is -2.32. The monoisotopic (exact) mass is 402 g/mol. The lowest BCUT2D eigenvalue weighted by molar-refractivity contribution is -0.140. The molecule has 0 atom stereocenters. The van der Waals surface area contributed by atoms with Gasteiger partial charge in [0.15, 0.2) is 0 Å². The van der Waals surface area contributed by atoms with E-state index in [0.717, 1.165) is 5.56 Å². The van der Waals surface area contributed by atoms with Crippen LogP contribution in [-0.4, -0.2) is 44.5 Å². The number of anilines is 1. The molecule has 9 heteroatoms. The number of ether oxygens (including phenoxy) is 4. The maximum atomic E-state index is 14.0. The highest BCUT2D eigenvalue weighted by Gasteiger charge is 2.33. The topological polar surface area (TPSA) is 87.2 Å². The Hall–Kier alpha value is -3.46. The third-order valence-corrected chi connectivity index (χ3v) is 4.19. The first-order valence-electron chi connectivity index (χ1n) is 8.61. The maximum Gasteiger partial charge on any atom is 0.355 e. The molecule has 1 aliphatic heterocycles. The molecule has 1 aromatic carbocycles. The Morgan fingerprint density at radius 1 is 1.14 bits per heavy atom. The number of nitrogens with zero attached hydrogens (tertiary/aromatic N) is 2. The van der Waals surface area contributed by atoms with Gasteiger partial charge in [-0.2, -0.15) is 0 Å². The summed E-state index contributed by atoms with van der Waals surface area (Å²) in [5.41, 5.74) is 0.935. The van der Waals surface area contributed by atoms with Gasteiger partial charge in [-0.15, -0.1) is 0 Å². The van der Waals surface area contributed by atoms with Gasteiger partial charge in [0.25, 0.3) is 0 Å². The van der Waals surface area contributed by atoms with Crippen molar-refractivity contribution in [2.24, 2.45) is 0 Å². The fourth-order valence-electron chi connectivity index (χ4n) is 2.80. The number of aromatic nitrogens is 1. The lowest BCUT2D eigenvalue weighted by atomic mass is 10.1. The van der Waals surface area contributed by atoms with E-state index in [4.69, 9.17) is 18.9 Å². The standard InChI is InChI=1S/C20H19FN2O6/c1-26-19(24)15-11-28-12-23(18(15)20(25)27-2)16-9-14(21)3-4-17(16)29-10-13-5-7-22-8-6-13/h3-9H,10-12H2,1-2H3. The number of carbonyl (C=O) groups excluding carboxylic acids is 2. The second kappa shape index (κ2) is 9.16. The molecule has 8 nitrogen and oxygen atoms in total. The summed E-state index contributed by atoms with van der Waals surface area (Å²) in [6.07, 6.45) is 3.26. The molecule has 3 rings (SSSR count). The third-order valence-electron chi connectivity index (χ3n) is 4.19. The van der Waals surface area contributed by atoms with E-state index in [-0.39, 0.29) is 36.9 Å². The number of methoxy groups -OCH3 is 2. The molecular formula is C20H19FN2O6. The summed E-state index contributed by atoms with van der Waals surface area (Å²) in [7, 11) is 2.37. The molecule has 0 unspecified atom stereocenters. The minimum Gasteiger partial charge on any atom is -0.487 e. The number of carbonyl (C=O) groups is 2. The molecule has 0 saturated heterocycles. The summed E-state index contributed by atoms with van der Waals surface area (Å²) in [4.78, 5) is 29.8. The van der Waals surface area contributed by atoms with Crippen LogP contribution in [-0.2, 0) is 30.4 Å². The molecule has 152 valence electrons. The van der Waals surface area contributed by atoms with Crippen LogP contribution < -0.4 is 9.64 Å². The van der Waals surface area contributed by atoms with Gasteiger partial charge < -0.3 is 23.8 Å². The molecule has 0 amide bonds. The summed E-state index contributed by atoms with van der Waals surface area (Å²) in [6.45, 7) is -0.0624. The number of benzene rings is 1. The molecule has 1 aromatic heterocycles. The summed E-state index contributed by atoms with van der Waals surface area (Å²) in [5.74, 6) is -1.78. The van der Waals surface area contributed by atoms with Gasteiger partial charge in [-0.1, -0.05) is 0 Å². The Morgan fingerprint density at radius 2 is 1.86 bits per heavy atom. The third kappa shape index (κ3) is 4.52. The predicted molar refractivity (Wildman–Crippen MR) is 99.3 cm³/mol. The van der Waals surface area contributed by atoms with Crippen molar-refractivity contribution in [3.05, 3.63) is 65.4 Å². The van der Waals surface area contributed by atoms with Gasteiger partial charge in [-0.05, 0) is 29.8 Å². The van der Waals surface area contributed by atoms with Crippen LogP contribution in [0.25, 0.3) is 0 Å². The van der Waals surface area contributed by atoms with E-state index in [1.54, 1.807) is 24.5 Å². The number of pyridine rings is 1. The van der Waals surface area contributed by atoms with Crippen LogP contribution in [0.5, 0.6) is 5.75 Å². The van der Waals surface area contributed by atoms with Crippen molar-refractivity contribution in [2.45, 2.75) is 6.61 Å². The van der Waals surface area contributed by atoms with E-state index < -0.39 is 17.8 Å². The molecule has 0 fully saturated rings. The zero-order valence-electron chi connectivity index (χ0n) is 15.9. The van der Waals surface area contributed by atoms with E-state index >= 15 is 0 Å². The van der Waals surface area contributed by atoms with Crippen LogP contribution in [0.1, 0.15) is 5.56 Å². The fraction of sp³-hybridized carbons (Fsp3) is 0.250. The van der Waals surface area contributed by atoms with Gasteiger partial charge in [0.2, 0.25) is 0 Å². The van der Waals surface area contributed by atoms with E-state index in [9.17, 15) is 14.0 Å². The molecule has 29 heavy (non-hydrogen) atoms. The van der Waals surface area contributed by atoms with Crippen molar-refractivity contribution in [3.8, 4) is 5.75 Å². The maximum absolute atomic E-state index is 14.0. The van der Waals surface area contributed by atoms with Crippen molar-refractivity contribution in [2.75, 3.05) is 32.5 Å². The van der Waals surface area contributed by atoms with Crippen molar-refractivity contribution in [3.63, 3.8) is 0 Å². The number of esters is 2. The molecule has 0 N–H and O–H groups in total. The van der Waals surface area contributed by atoms with Gasteiger partial charge >= 0.3 is 11.9 Å². The first-order chi connectivity index (χ1) is 14.0. The Morgan fingerprint density at radius 3 is 2.55 bits per heavy atom. The molecule has 1 aliphatic rings. The number of hydrogen-bond acceptors (Lipinski definition) is 8. The van der Waals surface area contributed by atoms with E-state index in [1.807, 2.05) is 0 Å². The summed E-state index contributed by atoms with van der Waals surface area (Å²) in [6, 6.07) is 7.42. The second-order valence-corrected chi connectivity index (χ2v) is 5.97. The minimum absolute atomic E-state index is 0.0325. The molecule has 2 aromatic rings. The van der Waals surface area contributed by atoms with Crippen molar-refractivity contribution in [1.29, 1.82) is 0 Å². The van der Waals surface area contributed by atoms with Gasteiger partial charge in [-0.25, -0.2) is 14.0 Å². The lowest BCUT2D eigenvalue weighted by Crippen LogP contribution is -2.39. The van der Waals surface area contributed by atoms with Crippen LogP contribution in [0.2, 0.25) is 0 Å². The largest absolute Gasteiger partial charge is 0.487 e. The van der Waals surface area contributed by atoms with Gasteiger partial charge in [0, 0.05) is 18.5 Å². The van der Waals surface area contributed by atoms with E-state index in [0.29, 0.717) is 5.75 Å². The predicted octanol–water partition coefficient (Wildman–Crippen LogP) is 2.19. The number of halogens is 1. The second-order valence-electron chi connectivity index (χ2n) is 5.97. The fourth-order valence-corrected chi connectivity index (χ4v) is 2.80. The van der Waals surface area contributed by atoms with Gasteiger partial charge in [0.05, 0.1) is 32.1 Å². The first-order valence-corrected chi connectivity index (χ1v) is 8.61. The van der Waals surface area contributed by atoms with Gasteiger partial charge in [-0.3, -0.25) is 4.98 Å². The quantitative estimate of drug-likeness (QED) is 0.680. The molecule has 0 aliphatic carbocycles. The molecule has 0 spiro atoms. The SMILES string of the molecule is COC(=O)C1=C(C(=O)OC)N(c2cc(F)ccc2OCc2ccncc2)COC1. The van der Waals surface area contributed by atoms with Gasteiger partial charge in [0.1, 0.15) is 30.6 Å². The molecular weight excluding hydrogens is 383 g/mol. The van der Waals surface area contributed by atoms with E-state index in [2.05, 4.69) is 4.98 Å². The molecule has 0 bridgehead atoms. The van der Waals surface area contributed by atoms with Crippen LogP contribution >= 0.6 is 0 Å². The van der Waals surface area contributed by atoms with Crippen molar-refractivity contribution < 1.29 is 32.9 Å². The highest BCUT2D eigenvalue weighted by atomic mass is 19.1. The number of rotatable bonds is 6. The molecule has 0 radical (unpaired) electrons. The van der Waals surface area contributed by atoms with Crippen molar-refractivity contribution >= 4 is 17.6 Å². The Labute approximate surface area is 166 Å². The van der Waals surface area contributed by atoms with Crippen LogP contribution in [0.3, 0.4) is 0 Å². The highest BCUT2D eigenvalue weighted by molar-refractivity contribution is 6.03. The van der Waals surface area contributed by atoms with Crippen LogP contribution in [0.4, 0.5) is 10.1 Å². The number of hydrogen-bond donors (Lipinski definition) is 0. The van der Waals surface area contributed by atoms with Crippen molar-refractivity contribution in [1.82, 2.24) is 4.98 Å². The molecule has 0 saturated carbocycles. The Kier molecular flexibility index (Phi) is 6.40. The summed E-state index contributed by atoms with van der Waals surface area (Å²) >= 11 is 0.